The molecular formula is C18H17N3O. The molecule has 4 heteroatoms. The van der Waals surface area contributed by atoms with Crippen LogP contribution in [0.15, 0.2) is 54.7 Å². The summed E-state index contributed by atoms with van der Waals surface area (Å²) in [5.74, 6) is 0.184. The first-order valence-electron chi connectivity index (χ1n) is 7.56. The highest BCUT2D eigenvalue weighted by atomic mass is 16.2. The van der Waals surface area contributed by atoms with Crippen LogP contribution in [0.25, 0.3) is 10.8 Å². The van der Waals surface area contributed by atoms with Crippen LogP contribution >= 0.6 is 0 Å². The van der Waals surface area contributed by atoms with Crippen molar-refractivity contribution < 1.29 is 4.79 Å². The number of aromatic nitrogens is 2. The molecule has 1 amide bonds. The van der Waals surface area contributed by atoms with E-state index in [9.17, 15) is 4.79 Å². The summed E-state index contributed by atoms with van der Waals surface area (Å²) in [6, 6.07) is 16.4. The van der Waals surface area contributed by atoms with Crippen molar-refractivity contribution in [3.05, 3.63) is 66.0 Å². The Balaban J connectivity index is 1.57. The van der Waals surface area contributed by atoms with Crippen LogP contribution in [0.4, 0.5) is 0 Å². The first kappa shape index (κ1) is 13.1. The zero-order chi connectivity index (χ0) is 14.9. The molecule has 1 aromatic heterocycles. The molecule has 0 bridgehead atoms. The normalized spacial score (nSPS) is 14.1. The van der Waals surface area contributed by atoms with E-state index in [1.54, 1.807) is 6.20 Å². The van der Waals surface area contributed by atoms with E-state index >= 15 is 0 Å². The smallest absolute Gasteiger partial charge is 0.227 e. The first-order valence-corrected chi connectivity index (χ1v) is 7.56. The first-order chi connectivity index (χ1) is 10.8. The van der Waals surface area contributed by atoms with Gasteiger partial charge in [-0.25, -0.2) is 0 Å². The van der Waals surface area contributed by atoms with E-state index in [1.165, 1.54) is 10.8 Å². The largest absolute Gasteiger partial charge is 0.335 e. The Kier molecular flexibility index (Phi) is 3.15. The number of carbonyl (C=O) groups is 1. The number of hydrogen-bond donors (Lipinski definition) is 0. The van der Waals surface area contributed by atoms with Gasteiger partial charge in [0, 0.05) is 12.7 Å². The number of rotatable bonds is 2. The fourth-order valence-corrected chi connectivity index (χ4v) is 3.12. The molecular weight excluding hydrogens is 274 g/mol. The van der Waals surface area contributed by atoms with E-state index in [1.807, 2.05) is 33.8 Å². The molecule has 22 heavy (non-hydrogen) atoms. The van der Waals surface area contributed by atoms with Crippen LogP contribution in [-0.4, -0.2) is 27.1 Å². The summed E-state index contributed by atoms with van der Waals surface area (Å²) < 4.78 is 1.97. The van der Waals surface area contributed by atoms with E-state index in [4.69, 9.17) is 0 Å². The van der Waals surface area contributed by atoms with Gasteiger partial charge in [0.25, 0.3) is 0 Å². The van der Waals surface area contributed by atoms with Crippen LogP contribution < -0.4 is 0 Å². The Morgan fingerprint density at radius 1 is 1.05 bits per heavy atom. The molecule has 0 N–H and O–H groups in total. The molecule has 0 fully saturated rings. The van der Waals surface area contributed by atoms with Crippen molar-refractivity contribution in [2.45, 2.75) is 19.5 Å². The summed E-state index contributed by atoms with van der Waals surface area (Å²) in [6.45, 7) is 2.17. The van der Waals surface area contributed by atoms with Crippen molar-refractivity contribution in [1.82, 2.24) is 14.7 Å². The van der Waals surface area contributed by atoms with E-state index in [0.717, 1.165) is 24.3 Å². The number of benzene rings is 2. The maximum absolute atomic E-state index is 12.6. The number of carbonyl (C=O) groups excluding carboxylic acids is 1. The number of fused-ring (bicyclic) bond motifs is 2. The second-order valence-electron chi connectivity index (χ2n) is 5.68. The van der Waals surface area contributed by atoms with Gasteiger partial charge in [0.15, 0.2) is 0 Å². The standard InChI is InChI=1S/C18H17N3O/c22-18(20-10-11-21-16(13-20)8-9-19-21)12-15-6-3-5-14-4-1-2-7-17(14)15/h1-9H,10-13H2. The van der Waals surface area contributed by atoms with Crippen molar-refractivity contribution in [2.24, 2.45) is 0 Å². The molecule has 2 heterocycles. The zero-order valence-corrected chi connectivity index (χ0v) is 12.3. The van der Waals surface area contributed by atoms with Crippen LogP contribution in [0.3, 0.4) is 0 Å². The Hall–Kier alpha value is -2.62. The summed E-state index contributed by atoms with van der Waals surface area (Å²) in [5, 5.41) is 6.61. The molecule has 4 nitrogen and oxygen atoms in total. The lowest BCUT2D eigenvalue weighted by Crippen LogP contribution is -2.39. The zero-order valence-electron chi connectivity index (χ0n) is 12.3. The summed E-state index contributed by atoms with van der Waals surface area (Å²) >= 11 is 0. The van der Waals surface area contributed by atoms with Crippen molar-refractivity contribution in [3.63, 3.8) is 0 Å². The lowest BCUT2D eigenvalue weighted by molar-refractivity contribution is -0.131. The molecule has 110 valence electrons. The van der Waals surface area contributed by atoms with Gasteiger partial charge in [-0.05, 0) is 22.4 Å². The quantitative estimate of drug-likeness (QED) is 0.728. The second-order valence-corrected chi connectivity index (χ2v) is 5.68. The SMILES string of the molecule is O=C(Cc1cccc2ccccc12)N1CCn2nccc2C1. The van der Waals surface area contributed by atoms with Gasteiger partial charge < -0.3 is 4.90 Å². The van der Waals surface area contributed by atoms with E-state index in [2.05, 4.69) is 29.4 Å². The van der Waals surface area contributed by atoms with Crippen molar-refractivity contribution in [3.8, 4) is 0 Å². The minimum atomic E-state index is 0.184. The lowest BCUT2D eigenvalue weighted by Gasteiger charge is -2.28. The Labute approximate surface area is 129 Å². The minimum absolute atomic E-state index is 0.184. The number of nitrogens with zero attached hydrogens (tertiary/aromatic N) is 3. The fourth-order valence-electron chi connectivity index (χ4n) is 3.12. The van der Waals surface area contributed by atoms with Crippen LogP contribution in [0.1, 0.15) is 11.3 Å². The summed E-state index contributed by atoms with van der Waals surface area (Å²) in [6.07, 6.45) is 2.25. The summed E-state index contributed by atoms with van der Waals surface area (Å²) in [7, 11) is 0. The molecule has 2 aromatic carbocycles. The molecule has 0 saturated heterocycles. The second kappa shape index (κ2) is 5.30. The molecule has 0 unspecified atom stereocenters. The predicted molar refractivity (Wildman–Crippen MR) is 85.3 cm³/mol. The van der Waals surface area contributed by atoms with Crippen LogP contribution in [-0.2, 0) is 24.3 Å². The molecule has 0 saturated carbocycles. The lowest BCUT2D eigenvalue weighted by atomic mass is 10.0. The van der Waals surface area contributed by atoms with Crippen LogP contribution in [0.5, 0.6) is 0 Å². The molecule has 1 aliphatic heterocycles. The Bertz CT molecular complexity index is 832. The number of hydrogen-bond acceptors (Lipinski definition) is 2. The van der Waals surface area contributed by atoms with Gasteiger partial charge in [0.05, 0.1) is 25.2 Å². The monoisotopic (exact) mass is 291 g/mol. The molecule has 0 radical (unpaired) electrons. The molecule has 3 aromatic rings. The van der Waals surface area contributed by atoms with E-state index < -0.39 is 0 Å². The van der Waals surface area contributed by atoms with Crippen molar-refractivity contribution in [2.75, 3.05) is 6.54 Å². The highest BCUT2D eigenvalue weighted by Crippen LogP contribution is 2.20. The maximum Gasteiger partial charge on any atom is 0.227 e. The third kappa shape index (κ3) is 2.26. The van der Waals surface area contributed by atoms with Crippen LogP contribution in [0, 0.1) is 0 Å². The topological polar surface area (TPSA) is 38.1 Å². The fraction of sp³-hybridized carbons (Fsp3) is 0.222. The van der Waals surface area contributed by atoms with Gasteiger partial charge in [0.1, 0.15) is 0 Å². The van der Waals surface area contributed by atoms with Gasteiger partial charge in [0.2, 0.25) is 5.91 Å². The van der Waals surface area contributed by atoms with Crippen LogP contribution in [0.2, 0.25) is 0 Å². The number of amides is 1. The van der Waals surface area contributed by atoms with Gasteiger partial charge in [-0.15, -0.1) is 0 Å². The molecule has 0 aliphatic carbocycles. The Morgan fingerprint density at radius 3 is 2.86 bits per heavy atom. The van der Waals surface area contributed by atoms with Gasteiger partial charge >= 0.3 is 0 Å². The van der Waals surface area contributed by atoms with Crippen molar-refractivity contribution in [1.29, 1.82) is 0 Å². The van der Waals surface area contributed by atoms with Gasteiger partial charge in [-0.1, -0.05) is 42.5 Å². The molecule has 0 atom stereocenters. The highest BCUT2D eigenvalue weighted by molar-refractivity contribution is 5.90. The van der Waals surface area contributed by atoms with E-state index in [-0.39, 0.29) is 5.91 Å². The van der Waals surface area contributed by atoms with E-state index in [0.29, 0.717) is 13.0 Å². The third-order valence-corrected chi connectivity index (χ3v) is 4.31. The highest BCUT2D eigenvalue weighted by Gasteiger charge is 2.21. The molecule has 4 rings (SSSR count). The van der Waals surface area contributed by atoms with Gasteiger partial charge in [-0.3, -0.25) is 9.48 Å². The molecule has 0 spiro atoms. The minimum Gasteiger partial charge on any atom is -0.335 e. The van der Waals surface area contributed by atoms with Gasteiger partial charge in [-0.2, -0.15) is 5.10 Å². The maximum atomic E-state index is 12.6. The Morgan fingerprint density at radius 2 is 1.91 bits per heavy atom. The average molecular weight is 291 g/mol. The summed E-state index contributed by atoms with van der Waals surface area (Å²) in [4.78, 5) is 14.6. The average Bonchev–Trinajstić information content (AvgIpc) is 3.02. The van der Waals surface area contributed by atoms with Crippen molar-refractivity contribution >= 4 is 16.7 Å². The predicted octanol–water partition coefficient (Wildman–Crippen LogP) is 2.62. The molecule has 1 aliphatic rings. The third-order valence-electron chi connectivity index (χ3n) is 4.31. The summed E-state index contributed by atoms with van der Waals surface area (Å²) in [5.41, 5.74) is 2.21.